The molecule has 0 aliphatic rings. The van der Waals surface area contributed by atoms with Crippen molar-refractivity contribution in [2.75, 3.05) is 11.9 Å². The summed E-state index contributed by atoms with van der Waals surface area (Å²) in [6.07, 6.45) is -6.03. The number of benzene rings is 2. The molecule has 2 heterocycles. The molecule has 2 aromatic heterocycles. The van der Waals surface area contributed by atoms with E-state index in [0.29, 0.717) is 16.6 Å². The topological polar surface area (TPSA) is 113 Å². The summed E-state index contributed by atoms with van der Waals surface area (Å²) in [5.74, 6) is -2.52. The van der Waals surface area contributed by atoms with Crippen LogP contribution in [0.25, 0.3) is 33.1 Å². The van der Waals surface area contributed by atoms with Crippen molar-refractivity contribution >= 4 is 33.8 Å². The summed E-state index contributed by atoms with van der Waals surface area (Å²) in [5, 5.41) is 8.10. The first-order chi connectivity index (χ1) is 14.6. The lowest BCUT2D eigenvalue weighted by molar-refractivity contribution is -0.159. The Labute approximate surface area is 168 Å². The zero-order valence-electron chi connectivity index (χ0n) is 15.1. The Morgan fingerprint density at radius 3 is 2.52 bits per heavy atom. The van der Waals surface area contributed by atoms with E-state index in [1.54, 1.807) is 0 Å². The third-order valence-corrected chi connectivity index (χ3v) is 4.17. The molecule has 0 aliphatic carbocycles. The number of fused-ring (bicyclic) bond motifs is 2. The smallest absolute Gasteiger partial charge is 0.422 e. The lowest BCUT2D eigenvalue weighted by atomic mass is 10.0. The molecule has 0 spiro atoms. The van der Waals surface area contributed by atoms with Crippen LogP contribution in [0.2, 0.25) is 0 Å². The van der Waals surface area contributed by atoms with Gasteiger partial charge in [-0.1, -0.05) is 6.07 Å². The molecule has 0 aliphatic heterocycles. The van der Waals surface area contributed by atoms with E-state index in [-0.39, 0.29) is 22.4 Å². The minimum absolute atomic E-state index is 0.0654. The van der Waals surface area contributed by atoms with Crippen LogP contribution in [0.15, 0.2) is 35.1 Å². The van der Waals surface area contributed by atoms with Crippen LogP contribution in [0, 0.1) is 11.6 Å². The fourth-order valence-electron chi connectivity index (χ4n) is 2.87. The molecule has 8 nitrogen and oxygen atoms in total. The largest absolute Gasteiger partial charge is 0.440 e. The second kappa shape index (κ2) is 7.34. The van der Waals surface area contributed by atoms with Gasteiger partial charge in [0.05, 0.1) is 22.1 Å². The number of imidazole rings is 1. The molecule has 0 atom stereocenters. The average molecular weight is 439 g/mol. The number of alkyl halides is 3. The van der Waals surface area contributed by atoms with E-state index in [4.69, 9.17) is 0 Å². The Bertz CT molecular complexity index is 1380. The normalized spacial score (nSPS) is 11.8. The van der Waals surface area contributed by atoms with Crippen LogP contribution in [-0.2, 0) is 4.74 Å². The Hall–Kier alpha value is -4.03. The van der Waals surface area contributed by atoms with Crippen LogP contribution in [-0.4, -0.2) is 39.0 Å². The number of anilines is 1. The number of hydrogen-bond donors (Lipinski definition) is 3. The van der Waals surface area contributed by atoms with Gasteiger partial charge in [0.25, 0.3) is 5.56 Å². The summed E-state index contributed by atoms with van der Waals surface area (Å²) in [6, 6.07) is 6.12. The molecule has 13 heteroatoms. The molecular formula is C18H10F5N5O3. The van der Waals surface area contributed by atoms with Gasteiger partial charge in [-0.2, -0.15) is 18.3 Å². The number of nitrogens with zero attached hydrogens (tertiary/aromatic N) is 2. The maximum absolute atomic E-state index is 13.7. The highest BCUT2D eigenvalue weighted by Crippen LogP contribution is 2.28. The van der Waals surface area contributed by atoms with Crippen LogP contribution in [0.5, 0.6) is 0 Å². The highest BCUT2D eigenvalue weighted by molar-refractivity contribution is 5.96. The van der Waals surface area contributed by atoms with Crippen molar-refractivity contribution in [3.8, 4) is 11.3 Å². The van der Waals surface area contributed by atoms with Gasteiger partial charge >= 0.3 is 12.3 Å². The van der Waals surface area contributed by atoms with E-state index in [9.17, 15) is 31.5 Å². The molecule has 31 heavy (non-hydrogen) atoms. The van der Waals surface area contributed by atoms with Crippen molar-refractivity contribution in [2.45, 2.75) is 6.18 Å². The molecule has 0 unspecified atom stereocenters. The van der Waals surface area contributed by atoms with Gasteiger partial charge in [0.2, 0.25) is 5.95 Å². The minimum Gasteiger partial charge on any atom is -0.440 e. The summed E-state index contributed by atoms with van der Waals surface area (Å²) in [6.45, 7) is -1.76. The third-order valence-electron chi connectivity index (χ3n) is 4.17. The van der Waals surface area contributed by atoms with Gasteiger partial charge in [0, 0.05) is 10.9 Å². The molecule has 0 radical (unpaired) electrons. The van der Waals surface area contributed by atoms with Crippen molar-refractivity contribution in [2.24, 2.45) is 0 Å². The quantitative estimate of drug-likeness (QED) is 0.420. The van der Waals surface area contributed by atoms with Gasteiger partial charge in [-0.3, -0.25) is 10.1 Å². The average Bonchev–Trinajstić information content (AvgIpc) is 3.09. The lowest BCUT2D eigenvalue weighted by Gasteiger charge is -2.07. The first kappa shape index (κ1) is 20.3. The summed E-state index contributed by atoms with van der Waals surface area (Å²) in [5.41, 5.74) is 0.496. The zero-order chi connectivity index (χ0) is 22.3. The molecule has 2 aromatic carbocycles. The SMILES string of the molecule is O=C(Nc1nc2ccc(-c3n[nH]c(=O)c4cc(F)c(F)cc34)cc2[nH]1)OCC(F)(F)F. The molecule has 0 saturated carbocycles. The van der Waals surface area contributed by atoms with Gasteiger partial charge in [0.15, 0.2) is 18.2 Å². The van der Waals surface area contributed by atoms with Crippen LogP contribution in [0.1, 0.15) is 0 Å². The predicted molar refractivity (Wildman–Crippen MR) is 98.4 cm³/mol. The second-order valence-corrected chi connectivity index (χ2v) is 6.35. The first-order valence-corrected chi connectivity index (χ1v) is 8.49. The van der Waals surface area contributed by atoms with Crippen molar-refractivity contribution in [3.63, 3.8) is 0 Å². The maximum atomic E-state index is 13.7. The monoisotopic (exact) mass is 439 g/mol. The van der Waals surface area contributed by atoms with Gasteiger partial charge in [-0.25, -0.2) is 23.7 Å². The Balaban J connectivity index is 1.68. The molecule has 0 bridgehead atoms. The van der Waals surface area contributed by atoms with Crippen molar-refractivity contribution in [3.05, 3.63) is 52.3 Å². The van der Waals surface area contributed by atoms with E-state index in [2.05, 4.69) is 24.9 Å². The molecule has 4 aromatic rings. The number of halogens is 5. The fraction of sp³-hybridized carbons (Fsp3) is 0.111. The number of hydrogen-bond acceptors (Lipinski definition) is 5. The standard InChI is InChI=1S/C18H10F5N5O3/c19-10-4-8-9(5-11(10)20)15(29)28-27-14(8)7-1-2-12-13(3-7)25-16(24-12)26-17(30)31-6-18(21,22)23/h1-5H,6H2,(H,28,29)(H2,24,25,26,30). The first-order valence-electron chi connectivity index (χ1n) is 8.49. The zero-order valence-corrected chi connectivity index (χ0v) is 15.1. The van der Waals surface area contributed by atoms with Crippen LogP contribution >= 0.6 is 0 Å². The van der Waals surface area contributed by atoms with Gasteiger partial charge in [0.1, 0.15) is 0 Å². The molecule has 4 rings (SSSR count). The fourth-order valence-corrected chi connectivity index (χ4v) is 2.87. The number of carbonyl (C=O) groups is 1. The van der Waals surface area contributed by atoms with Gasteiger partial charge in [-0.05, 0) is 24.3 Å². The second-order valence-electron chi connectivity index (χ2n) is 6.35. The molecule has 3 N–H and O–H groups in total. The molecule has 0 fully saturated rings. The number of nitrogens with one attached hydrogen (secondary N) is 3. The Morgan fingerprint density at radius 2 is 1.81 bits per heavy atom. The van der Waals surface area contributed by atoms with E-state index < -0.39 is 36.1 Å². The summed E-state index contributed by atoms with van der Waals surface area (Å²) >= 11 is 0. The summed E-state index contributed by atoms with van der Waals surface area (Å²) in [4.78, 5) is 30.0. The van der Waals surface area contributed by atoms with E-state index in [1.807, 2.05) is 5.32 Å². The Kier molecular flexibility index (Phi) is 4.79. The predicted octanol–water partition coefficient (Wildman–Crippen LogP) is 3.86. The lowest BCUT2D eigenvalue weighted by Crippen LogP contribution is -2.23. The molecule has 160 valence electrons. The van der Waals surface area contributed by atoms with Gasteiger partial charge < -0.3 is 9.72 Å². The Morgan fingerprint density at radius 1 is 1.10 bits per heavy atom. The molecular weight excluding hydrogens is 429 g/mol. The van der Waals surface area contributed by atoms with E-state index >= 15 is 0 Å². The summed E-state index contributed by atoms with van der Waals surface area (Å²) in [7, 11) is 0. The van der Waals surface area contributed by atoms with Crippen molar-refractivity contribution < 1.29 is 31.5 Å². The number of amides is 1. The minimum atomic E-state index is -4.67. The number of ether oxygens (including phenoxy) is 1. The highest BCUT2D eigenvalue weighted by atomic mass is 19.4. The number of H-pyrrole nitrogens is 2. The van der Waals surface area contributed by atoms with Crippen molar-refractivity contribution in [1.29, 1.82) is 0 Å². The number of aromatic amines is 2. The van der Waals surface area contributed by atoms with Crippen molar-refractivity contribution in [1.82, 2.24) is 20.2 Å². The van der Waals surface area contributed by atoms with Crippen LogP contribution in [0.3, 0.4) is 0 Å². The molecule has 0 saturated heterocycles. The highest BCUT2D eigenvalue weighted by Gasteiger charge is 2.29. The maximum Gasteiger partial charge on any atom is 0.422 e. The van der Waals surface area contributed by atoms with E-state index in [1.165, 1.54) is 18.2 Å². The molecule has 1 amide bonds. The van der Waals surface area contributed by atoms with Gasteiger partial charge in [-0.15, -0.1) is 0 Å². The van der Waals surface area contributed by atoms with Crippen LogP contribution in [0.4, 0.5) is 32.7 Å². The van der Waals surface area contributed by atoms with E-state index in [0.717, 1.165) is 12.1 Å². The third kappa shape index (κ3) is 4.15. The number of carbonyl (C=O) groups excluding carboxylic acids is 1. The number of rotatable bonds is 3. The number of aromatic nitrogens is 4. The summed E-state index contributed by atoms with van der Waals surface area (Å²) < 4.78 is 67.6. The van der Waals surface area contributed by atoms with Crippen LogP contribution < -0.4 is 10.9 Å².